The molecule has 24 heavy (non-hydrogen) atoms. The van der Waals surface area contributed by atoms with Gasteiger partial charge < -0.3 is 15.7 Å². The lowest BCUT2D eigenvalue weighted by Gasteiger charge is -2.26. The van der Waals surface area contributed by atoms with Gasteiger partial charge in [0.15, 0.2) is 5.96 Å². The summed E-state index contributed by atoms with van der Waals surface area (Å²) < 4.78 is 23.1. The van der Waals surface area contributed by atoms with Gasteiger partial charge in [0, 0.05) is 24.8 Å². The Balaban J connectivity index is 2.65. The fraction of sp³-hybridized carbons (Fsp3) is 0.941. The molecule has 6 nitrogen and oxygen atoms in total. The van der Waals surface area contributed by atoms with Crippen molar-refractivity contribution in [1.82, 2.24) is 10.6 Å². The quantitative estimate of drug-likeness (QED) is 0.385. The smallest absolute Gasteiger partial charge is 0.191 e. The van der Waals surface area contributed by atoms with Gasteiger partial charge in [-0.1, -0.05) is 26.7 Å². The van der Waals surface area contributed by atoms with Crippen LogP contribution in [-0.2, 0) is 9.84 Å². The normalized spacial score (nSPS) is 17.6. The molecule has 3 N–H and O–H groups in total. The second-order valence-electron chi connectivity index (χ2n) is 7.34. The molecule has 0 unspecified atom stereocenters. The molecule has 0 aromatic rings. The van der Waals surface area contributed by atoms with Crippen LogP contribution in [0.4, 0.5) is 0 Å². The standard InChI is InChI=1S/C17H35N3O3S/c1-5-8-17(21,9-6-2)13-20-15(18-7-3)19-12-16(10-11-16)14-24(4,22)23/h21H,5-14H2,1-4H3,(H2,18,19,20). The fourth-order valence-electron chi connectivity index (χ4n) is 3.16. The summed E-state index contributed by atoms with van der Waals surface area (Å²) in [6.07, 6.45) is 6.48. The van der Waals surface area contributed by atoms with E-state index in [2.05, 4.69) is 29.5 Å². The van der Waals surface area contributed by atoms with Crippen LogP contribution in [-0.4, -0.2) is 56.7 Å². The van der Waals surface area contributed by atoms with Gasteiger partial charge in [-0.2, -0.15) is 0 Å². The summed E-state index contributed by atoms with van der Waals surface area (Å²) in [5.41, 5.74) is -0.900. The van der Waals surface area contributed by atoms with Crippen molar-refractivity contribution >= 4 is 15.8 Å². The first-order chi connectivity index (χ1) is 11.2. The molecular formula is C17H35N3O3S. The van der Waals surface area contributed by atoms with Crippen LogP contribution in [0.1, 0.15) is 59.3 Å². The molecule has 1 aliphatic rings. The van der Waals surface area contributed by atoms with Gasteiger partial charge in [0.1, 0.15) is 9.84 Å². The van der Waals surface area contributed by atoms with Crippen molar-refractivity contribution in [3.63, 3.8) is 0 Å². The van der Waals surface area contributed by atoms with E-state index in [1.54, 1.807) is 0 Å². The Bertz CT molecular complexity index is 507. The predicted octanol–water partition coefficient (Wildman–Crippen LogP) is 1.70. The maximum atomic E-state index is 11.6. The van der Waals surface area contributed by atoms with Gasteiger partial charge in [-0.25, -0.2) is 8.42 Å². The number of aliphatic hydroxyl groups is 1. The van der Waals surface area contributed by atoms with Crippen LogP contribution in [0.5, 0.6) is 0 Å². The monoisotopic (exact) mass is 361 g/mol. The molecule has 0 aromatic heterocycles. The van der Waals surface area contributed by atoms with Gasteiger partial charge in [0.05, 0.1) is 17.9 Å². The zero-order valence-corrected chi connectivity index (χ0v) is 16.5. The summed E-state index contributed by atoms with van der Waals surface area (Å²) in [4.78, 5) is 4.55. The fourth-order valence-corrected chi connectivity index (χ4v) is 4.66. The molecule has 1 aliphatic carbocycles. The summed E-state index contributed by atoms with van der Waals surface area (Å²) in [6, 6.07) is 0. The van der Waals surface area contributed by atoms with E-state index in [0.29, 0.717) is 19.0 Å². The van der Waals surface area contributed by atoms with Gasteiger partial charge in [0.25, 0.3) is 0 Å². The Kier molecular flexibility index (Phi) is 7.99. The lowest BCUT2D eigenvalue weighted by Crippen LogP contribution is -2.43. The number of hydrogen-bond donors (Lipinski definition) is 3. The SMILES string of the molecule is CCCC(O)(CCC)CN=C(NCC)NCC1(CS(C)(=O)=O)CC1. The van der Waals surface area contributed by atoms with Crippen molar-refractivity contribution in [2.24, 2.45) is 10.4 Å². The lowest BCUT2D eigenvalue weighted by atomic mass is 9.93. The van der Waals surface area contributed by atoms with E-state index in [9.17, 15) is 13.5 Å². The van der Waals surface area contributed by atoms with Crippen molar-refractivity contribution in [1.29, 1.82) is 0 Å². The van der Waals surface area contributed by atoms with Crippen LogP contribution in [0.25, 0.3) is 0 Å². The second-order valence-corrected chi connectivity index (χ2v) is 9.48. The van der Waals surface area contributed by atoms with Crippen molar-refractivity contribution < 1.29 is 13.5 Å². The third kappa shape index (κ3) is 7.83. The van der Waals surface area contributed by atoms with Gasteiger partial charge in [0.2, 0.25) is 0 Å². The molecule has 0 radical (unpaired) electrons. The van der Waals surface area contributed by atoms with E-state index in [1.165, 1.54) is 6.26 Å². The van der Waals surface area contributed by atoms with E-state index in [1.807, 2.05) is 6.92 Å². The maximum Gasteiger partial charge on any atom is 0.191 e. The molecule has 1 rings (SSSR count). The highest BCUT2D eigenvalue weighted by Crippen LogP contribution is 2.45. The molecule has 0 heterocycles. The Hall–Kier alpha value is -0.820. The molecule has 1 saturated carbocycles. The maximum absolute atomic E-state index is 11.6. The summed E-state index contributed by atoms with van der Waals surface area (Å²) in [5.74, 6) is 0.880. The predicted molar refractivity (Wildman–Crippen MR) is 100 cm³/mol. The lowest BCUT2D eigenvalue weighted by molar-refractivity contribution is 0.0306. The third-order valence-corrected chi connectivity index (χ3v) is 5.60. The minimum atomic E-state index is -2.97. The molecular weight excluding hydrogens is 326 g/mol. The summed E-state index contributed by atoms with van der Waals surface area (Å²) in [5, 5.41) is 17.1. The number of aliphatic imine (C=N–C) groups is 1. The Morgan fingerprint density at radius 3 is 2.17 bits per heavy atom. The molecule has 0 atom stereocenters. The van der Waals surface area contributed by atoms with E-state index in [-0.39, 0.29) is 11.2 Å². The van der Waals surface area contributed by atoms with Crippen LogP contribution in [0.3, 0.4) is 0 Å². The Labute approximate surface area is 147 Å². The number of sulfone groups is 1. The van der Waals surface area contributed by atoms with Crippen LogP contribution >= 0.6 is 0 Å². The van der Waals surface area contributed by atoms with Crippen molar-refractivity contribution in [2.45, 2.75) is 64.9 Å². The number of nitrogens with one attached hydrogen (secondary N) is 2. The Morgan fingerprint density at radius 2 is 1.75 bits per heavy atom. The second kappa shape index (κ2) is 9.04. The molecule has 0 amide bonds. The first-order valence-corrected chi connectivity index (χ1v) is 11.2. The molecule has 0 spiro atoms. The van der Waals surface area contributed by atoms with Gasteiger partial charge in [-0.3, -0.25) is 4.99 Å². The number of nitrogens with zero attached hydrogens (tertiary/aromatic N) is 1. The summed E-state index contributed by atoms with van der Waals surface area (Å²) >= 11 is 0. The summed E-state index contributed by atoms with van der Waals surface area (Å²) in [7, 11) is -2.97. The topological polar surface area (TPSA) is 90.8 Å². The molecule has 0 aliphatic heterocycles. The van der Waals surface area contributed by atoms with E-state index in [0.717, 1.165) is 45.1 Å². The molecule has 0 aromatic carbocycles. The average molecular weight is 362 g/mol. The van der Waals surface area contributed by atoms with E-state index in [4.69, 9.17) is 0 Å². The average Bonchev–Trinajstić information content (AvgIpc) is 3.20. The summed E-state index contributed by atoms with van der Waals surface area (Å²) in [6.45, 7) is 7.82. The zero-order valence-electron chi connectivity index (χ0n) is 15.7. The third-order valence-electron chi connectivity index (χ3n) is 4.46. The van der Waals surface area contributed by atoms with Crippen molar-refractivity contribution in [2.75, 3.05) is 31.6 Å². The van der Waals surface area contributed by atoms with Crippen molar-refractivity contribution in [3.05, 3.63) is 0 Å². The molecule has 142 valence electrons. The van der Waals surface area contributed by atoms with Crippen LogP contribution in [0.2, 0.25) is 0 Å². The van der Waals surface area contributed by atoms with Gasteiger partial charge >= 0.3 is 0 Å². The van der Waals surface area contributed by atoms with Crippen LogP contribution in [0, 0.1) is 5.41 Å². The molecule has 0 bridgehead atoms. The molecule has 7 heteroatoms. The number of hydrogen-bond acceptors (Lipinski definition) is 4. The minimum absolute atomic E-state index is 0.146. The highest BCUT2D eigenvalue weighted by Gasteiger charge is 2.45. The minimum Gasteiger partial charge on any atom is -0.388 e. The highest BCUT2D eigenvalue weighted by molar-refractivity contribution is 7.90. The van der Waals surface area contributed by atoms with Crippen molar-refractivity contribution in [3.8, 4) is 0 Å². The van der Waals surface area contributed by atoms with Gasteiger partial charge in [-0.15, -0.1) is 0 Å². The van der Waals surface area contributed by atoms with E-state index < -0.39 is 15.4 Å². The van der Waals surface area contributed by atoms with Gasteiger partial charge in [-0.05, 0) is 32.6 Å². The first-order valence-electron chi connectivity index (χ1n) is 9.10. The van der Waals surface area contributed by atoms with E-state index >= 15 is 0 Å². The molecule has 1 fully saturated rings. The van der Waals surface area contributed by atoms with Crippen LogP contribution < -0.4 is 10.6 Å². The highest BCUT2D eigenvalue weighted by atomic mass is 32.2. The number of rotatable bonds is 11. The largest absolute Gasteiger partial charge is 0.388 e. The number of guanidine groups is 1. The first kappa shape index (κ1) is 21.2. The molecule has 0 saturated heterocycles. The zero-order chi connectivity index (χ0) is 18.3. The Morgan fingerprint density at radius 1 is 1.17 bits per heavy atom. The van der Waals surface area contributed by atoms with Crippen LogP contribution in [0.15, 0.2) is 4.99 Å².